The molecular formula is C17H21FN2. The van der Waals surface area contributed by atoms with Gasteiger partial charge < -0.3 is 10.3 Å². The number of aromatic amines is 1. The normalized spacial score (nSPS) is 22.1. The van der Waals surface area contributed by atoms with Crippen molar-refractivity contribution in [2.45, 2.75) is 32.1 Å². The van der Waals surface area contributed by atoms with Crippen LogP contribution in [0.3, 0.4) is 0 Å². The Balaban J connectivity index is 1.51. The van der Waals surface area contributed by atoms with E-state index in [4.69, 9.17) is 0 Å². The molecular weight excluding hydrogens is 251 g/mol. The predicted octanol–water partition coefficient (Wildman–Crippen LogP) is 3.41. The first-order chi connectivity index (χ1) is 9.79. The maximum atomic E-state index is 13.5. The van der Waals surface area contributed by atoms with E-state index in [2.05, 4.69) is 10.3 Å². The van der Waals surface area contributed by atoms with E-state index in [1.807, 2.05) is 6.07 Å². The van der Waals surface area contributed by atoms with Crippen LogP contribution in [0.1, 0.15) is 30.5 Å². The van der Waals surface area contributed by atoms with Crippen molar-refractivity contribution in [2.24, 2.45) is 11.8 Å². The van der Waals surface area contributed by atoms with E-state index in [-0.39, 0.29) is 5.82 Å². The van der Waals surface area contributed by atoms with E-state index in [0.29, 0.717) is 5.92 Å². The number of aryl methyl sites for hydroxylation is 1. The van der Waals surface area contributed by atoms with Gasteiger partial charge in [0.1, 0.15) is 5.82 Å². The minimum Gasteiger partial charge on any atom is -0.358 e. The molecule has 0 radical (unpaired) electrons. The summed E-state index contributed by atoms with van der Waals surface area (Å²) in [5.74, 6) is 1.51. The SMILES string of the molecule is Fc1ccc2[nH]c3c(c2c1)CC(CNCC1CC1)CC3. The van der Waals surface area contributed by atoms with Gasteiger partial charge in [-0.15, -0.1) is 0 Å². The predicted molar refractivity (Wildman–Crippen MR) is 79.4 cm³/mol. The number of nitrogens with one attached hydrogen (secondary N) is 2. The van der Waals surface area contributed by atoms with E-state index in [1.165, 1.54) is 37.1 Å². The maximum absolute atomic E-state index is 13.5. The van der Waals surface area contributed by atoms with Gasteiger partial charge in [-0.25, -0.2) is 4.39 Å². The van der Waals surface area contributed by atoms with Gasteiger partial charge in [0.25, 0.3) is 0 Å². The first kappa shape index (κ1) is 12.4. The highest BCUT2D eigenvalue weighted by atomic mass is 19.1. The van der Waals surface area contributed by atoms with Crippen LogP contribution in [0.2, 0.25) is 0 Å². The minimum atomic E-state index is -0.131. The summed E-state index contributed by atoms with van der Waals surface area (Å²) in [5, 5.41) is 4.70. The molecule has 1 heterocycles. The first-order valence-electron chi connectivity index (χ1n) is 7.79. The van der Waals surface area contributed by atoms with E-state index in [0.717, 1.165) is 36.2 Å². The molecule has 2 N–H and O–H groups in total. The summed E-state index contributed by atoms with van der Waals surface area (Å²) in [4.78, 5) is 3.46. The Kier molecular flexibility index (Phi) is 3.03. The Morgan fingerprint density at radius 3 is 2.85 bits per heavy atom. The van der Waals surface area contributed by atoms with Gasteiger partial charge in [0.2, 0.25) is 0 Å². The number of H-pyrrole nitrogens is 1. The highest BCUT2D eigenvalue weighted by Gasteiger charge is 2.24. The second kappa shape index (κ2) is 4.88. The monoisotopic (exact) mass is 272 g/mol. The zero-order valence-electron chi connectivity index (χ0n) is 11.7. The highest BCUT2D eigenvalue weighted by molar-refractivity contribution is 5.85. The molecule has 0 spiro atoms. The Bertz CT molecular complexity index is 627. The van der Waals surface area contributed by atoms with Crippen LogP contribution in [0, 0.1) is 17.7 Å². The zero-order chi connectivity index (χ0) is 13.5. The molecule has 1 aromatic carbocycles. The molecule has 0 amide bonds. The zero-order valence-corrected chi connectivity index (χ0v) is 11.7. The van der Waals surface area contributed by atoms with Gasteiger partial charge in [-0.1, -0.05) is 0 Å². The molecule has 20 heavy (non-hydrogen) atoms. The van der Waals surface area contributed by atoms with Crippen molar-refractivity contribution in [1.82, 2.24) is 10.3 Å². The molecule has 4 rings (SSSR count). The van der Waals surface area contributed by atoms with Crippen LogP contribution in [0.15, 0.2) is 18.2 Å². The van der Waals surface area contributed by atoms with E-state index < -0.39 is 0 Å². The van der Waals surface area contributed by atoms with Crippen LogP contribution >= 0.6 is 0 Å². The molecule has 1 fully saturated rings. The van der Waals surface area contributed by atoms with E-state index in [1.54, 1.807) is 12.1 Å². The van der Waals surface area contributed by atoms with Crippen LogP contribution in [-0.4, -0.2) is 18.1 Å². The maximum Gasteiger partial charge on any atom is 0.123 e. The van der Waals surface area contributed by atoms with Gasteiger partial charge in [-0.2, -0.15) is 0 Å². The summed E-state index contributed by atoms with van der Waals surface area (Å²) in [7, 11) is 0. The lowest BCUT2D eigenvalue weighted by atomic mass is 9.86. The third-order valence-electron chi connectivity index (χ3n) is 4.81. The standard InChI is InChI=1S/C17H21FN2/c18-13-4-6-17-15(8-13)14-7-12(3-5-16(14)20-17)10-19-9-11-1-2-11/h4,6,8,11-12,19-20H,1-3,5,7,9-10H2. The van der Waals surface area contributed by atoms with Crippen molar-refractivity contribution in [1.29, 1.82) is 0 Å². The molecule has 0 saturated heterocycles. The highest BCUT2D eigenvalue weighted by Crippen LogP contribution is 2.32. The largest absolute Gasteiger partial charge is 0.358 e. The quantitative estimate of drug-likeness (QED) is 0.877. The summed E-state index contributed by atoms with van der Waals surface area (Å²) in [6.07, 6.45) is 6.23. The lowest BCUT2D eigenvalue weighted by molar-refractivity contribution is 0.420. The van der Waals surface area contributed by atoms with Gasteiger partial charge >= 0.3 is 0 Å². The van der Waals surface area contributed by atoms with Crippen LogP contribution in [0.25, 0.3) is 10.9 Å². The average molecular weight is 272 g/mol. The summed E-state index contributed by atoms with van der Waals surface area (Å²) in [6.45, 7) is 2.30. The molecule has 2 nitrogen and oxygen atoms in total. The molecule has 1 unspecified atom stereocenters. The molecule has 0 bridgehead atoms. The number of fused-ring (bicyclic) bond motifs is 3. The number of halogens is 1. The van der Waals surface area contributed by atoms with Gasteiger partial charge in [0.15, 0.2) is 0 Å². The number of hydrogen-bond donors (Lipinski definition) is 2. The van der Waals surface area contributed by atoms with Gasteiger partial charge in [-0.3, -0.25) is 0 Å². The molecule has 0 aliphatic heterocycles. The van der Waals surface area contributed by atoms with Crippen LogP contribution in [0.4, 0.5) is 4.39 Å². The van der Waals surface area contributed by atoms with Crippen molar-refractivity contribution >= 4 is 10.9 Å². The molecule has 2 aromatic rings. The summed E-state index contributed by atoms with van der Waals surface area (Å²) in [5.41, 5.74) is 3.76. The number of aromatic nitrogens is 1. The second-order valence-electron chi connectivity index (χ2n) is 6.48. The molecule has 1 aromatic heterocycles. The molecule has 2 aliphatic carbocycles. The average Bonchev–Trinajstić information content (AvgIpc) is 3.20. The summed E-state index contributed by atoms with van der Waals surface area (Å²) < 4.78 is 13.5. The Morgan fingerprint density at radius 1 is 1.15 bits per heavy atom. The number of hydrogen-bond acceptors (Lipinski definition) is 1. The molecule has 1 atom stereocenters. The van der Waals surface area contributed by atoms with E-state index >= 15 is 0 Å². The fourth-order valence-corrected chi connectivity index (χ4v) is 3.45. The third-order valence-corrected chi connectivity index (χ3v) is 4.81. The lowest BCUT2D eigenvalue weighted by Gasteiger charge is -2.23. The third kappa shape index (κ3) is 2.35. The first-order valence-corrected chi connectivity index (χ1v) is 7.79. The topological polar surface area (TPSA) is 27.8 Å². The molecule has 3 heteroatoms. The van der Waals surface area contributed by atoms with Gasteiger partial charge in [-0.05, 0) is 80.8 Å². The van der Waals surface area contributed by atoms with Crippen molar-refractivity contribution in [3.05, 3.63) is 35.3 Å². The lowest BCUT2D eigenvalue weighted by Crippen LogP contribution is -2.28. The van der Waals surface area contributed by atoms with Gasteiger partial charge in [0.05, 0.1) is 0 Å². The molecule has 2 aliphatic rings. The van der Waals surface area contributed by atoms with E-state index in [9.17, 15) is 4.39 Å². The molecule has 1 saturated carbocycles. The van der Waals surface area contributed by atoms with Crippen molar-refractivity contribution in [2.75, 3.05) is 13.1 Å². The molecule has 106 valence electrons. The Morgan fingerprint density at radius 2 is 2.00 bits per heavy atom. The van der Waals surface area contributed by atoms with Crippen molar-refractivity contribution < 1.29 is 4.39 Å². The van der Waals surface area contributed by atoms with Crippen molar-refractivity contribution in [3.63, 3.8) is 0 Å². The Labute approximate surface area is 118 Å². The van der Waals surface area contributed by atoms with Crippen LogP contribution in [0.5, 0.6) is 0 Å². The second-order valence-corrected chi connectivity index (χ2v) is 6.48. The van der Waals surface area contributed by atoms with Crippen LogP contribution in [-0.2, 0) is 12.8 Å². The smallest absolute Gasteiger partial charge is 0.123 e. The number of rotatable bonds is 4. The fourth-order valence-electron chi connectivity index (χ4n) is 3.45. The van der Waals surface area contributed by atoms with Gasteiger partial charge in [0, 0.05) is 16.6 Å². The summed E-state index contributed by atoms with van der Waals surface area (Å²) in [6, 6.07) is 5.09. The summed E-state index contributed by atoms with van der Waals surface area (Å²) >= 11 is 0. The van der Waals surface area contributed by atoms with Crippen LogP contribution < -0.4 is 5.32 Å². The fraction of sp³-hybridized carbons (Fsp3) is 0.529. The minimum absolute atomic E-state index is 0.131. The number of benzene rings is 1. The van der Waals surface area contributed by atoms with Crippen molar-refractivity contribution in [3.8, 4) is 0 Å². The Hall–Kier alpha value is -1.35.